The van der Waals surface area contributed by atoms with Gasteiger partial charge in [0, 0.05) is 28.3 Å². The predicted octanol–water partition coefficient (Wildman–Crippen LogP) is 9.80. The third-order valence-electron chi connectivity index (χ3n) is 8.82. The van der Waals surface area contributed by atoms with Gasteiger partial charge in [0.1, 0.15) is 29.3 Å². The second-order valence-electron chi connectivity index (χ2n) is 13.5. The first-order chi connectivity index (χ1) is 20.4. The van der Waals surface area contributed by atoms with Gasteiger partial charge in [0.05, 0.1) is 22.8 Å². The summed E-state index contributed by atoms with van der Waals surface area (Å²) in [6, 6.07) is 19.3. The number of anilines is 2. The van der Waals surface area contributed by atoms with Crippen LogP contribution in [0.2, 0.25) is 16.1 Å². The lowest BCUT2D eigenvalue weighted by Gasteiger charge is -2.34. The molecule has 5 nitrogen and oxygen atoms in total. The highest BCUT2D eigenvalue weighted by molar-refractivity contribution is 6.63. The van der Waals surface area contributed by atoms with Gasteiger partial charge in [-0.1, -0.05) is 67.9 Å². The molecule has 0 radical (unpaired) electrons. The van der Waals surface area contributed by atoms with E-state index in [1.807, 2.05) is 54.6 Å². The van der Waals surface area contributed by atoms with E-state index in [0.717, 1.165) is 28.1 Å². The lowest BCUT2D eigenvalue weighted by Crippen LogP contribution is -2.31. The zero-order chi connectivity index (χ0) is 31.1. The van der Waals surface area contributed by atoms with Crippen molar-refractivity contribution in [2.24, 2.45) is 5.41 Å². The zero-order valence-corrected chi connectivity index (χ0v) is 28.1. The monoisotopic (exact) mass is 615 g/mol. The molecule has 0 amide bonds. The van der Waals surface area contributed by atoms with E-state index in [9.17, 15) is 9.90 Å². The fourth-order valence-electron chi connectivity index (χ4n) is 7.02. The van der Waals surface area contributed by atoms with Crippen LogP contribution in [-0.2, 0) is 11.4 Å². The summed E-state index contributed by atoms with van der Waals surface area (Å²) < 4.78 is 6.03. The normalized spacial score (nSPS) is 18.4. The van der Waals surface area contributed by atoms with Gasteiger partial charge in [0.25, 0.3) is 0 Å². The van der Waals surface area contributed by atoms with Crippen LogP contribution in [0.1, 0.15) is 89.6 Å². The molecule has 0 saturated heterocycles. The molecular weight excluding hydrogens is 572 g/mol. The molecule has 3 aromatic carbocycles. The number of phenols is 1. The van der Waals surface area contributed by atoms with Gasteiger partial charge in [0.2, 0.25) is 0 Å². The number of hydrogen-bond acceptors (Lipinski definition) is 5. The maximum atomic E-state index is 13.8. The number of rotatable bonds is 8. The van der Waals surface area contributed by atoms with Crippen molar-refractivity contribution < 1.29 is 14.6 Å². The molecule has 226 valence electrons. The van der Waals surface area contributed by atoms with E-state index in [4.69, 9.17) is 16.3 Å². The molecule has 2 unspecified atom stereocenters. The molecule has 43 heavy (non-hydrogen) atoms. The first kappa shape index (κ1) is 31.2. The lowest BCUT2D eigenvalue weighted by atomic mass is 9.73. The van der Waals surface area contributed by atoms with Crippen molar-refractivity contribution in [1.29, 1.82) is 0 Å². The molecule has 3 aromatic rings. The van der Waals surface area contributed by atoms with Crippen LogP contribution in [-0.4, -0.2) is 19.7 Å². The van der Waals surface area contributed by atoms with Crippen LogP contribution in [0.3, 0.4) is 0 Å². The highest BCUT2D eigenvalue weighted by atomic mass is 35.5. The Balaban J connectivity index is 1.55. The Labute approximate surface area is 263 Å². The molecule has 0 bridgehead atoms. The number of ether oxygens (including phenoxy) is 1. The molecule has 0 fully saturated rings. The number of carbonyl (C=O) groups is 1. The Morgan fingerprint density at radius 1 is 1.00 bits per heavy atom. The minimum Gasteiger partial charge on any atom is -0.505 e. The van der Waals surface area contributed by atoms with Gasteiger partial charge in [-0.05, 0) is 75.8 Å². The lowest BCUT2D eigenvalue weighted by molar-refractivity contribution is -0.118. The average molecular weight is 616 g/mol. The molecule has 0 saturated carbocycles. The first-order valence-electron chi connectivity index (χ1n) is 15.3. The summed E-state index contributed by atoms with van der Waals surface area (Å²) in [5.41, 5.74) is 6.94. The highest BCUT2D eigenvalue weighted by Crippen LogP contribution is 2.50. The van der Waals surface area contributed by atoms with E-state index >= 15 is 0 Å². The van der Waals surface area contributed by atoms with Crippen molar-refractivity contribution in [3.05, 3.63) is 93.6 Å². The molecule has 0 spiro atoms. The topological polar surface area (TPSA) is 70.6 Å². The van der Waals surface area contributed by atoms with E-state index in [1.54, 1.807) is 0 Å². The Kier molecular flexibility index (Phi) is 9.01. The van der Waals surface area contributed by atoms with Crippen molar-refractivity contribution in [2.75, 3.05) is 10.6 Å². The fraction of sp³-hybridized carbons (Fsp3) is 0.417. The van der Waals surface area contributed by atoms with Crippen LogP contribution in [0.15, 0.2) is 71.9 Å². The van der Waals surface area contributed by atoms with Crippen LogP contribution < -0.4 is 15.4 Å². The van der Waals surface area contributed by atoms with E-state index in [1.165, 1.54) is 0 Å². The Bertz CT molecular complexity index is 1520. The number of Topliss-reactive ketones (excluding diaryl/α,β-unsaturated/α-hetero) is 1. The first-order valence-corrected chi connectivity index (χ1v) is 17.5. The van der Waals surface area contributed by atoms with Crippen molar-refractivity contribution in [2.45, 2.75) is 90.6 Å². The second kappa shape index (κ2) is 12.4. The molecule has 2 atom stereocenters. The molecule has 1 aliphatic heterocycles. The maximum absolute atomic E-state index is 13.8. The van der Waals surface area contributed by atoms with Gasteiger partial charge in [-0.2, -0.15) is 0 Å². The second-order valence-corrected chi connectivity index (χ2v) is 18.0. The Hall–Kier alpha value is -3.22. The van der Waals surface area contributed by atoms with Gasteiger partial charge < -0.3 is 20.5 Å². The van der Waals surface area contributed by atoms with Crippen molar-refractivity contribution in [3.8, 4) is 11.5 Å². The van der Waals surface area contributed by atoms with Crippen LogP contribution in [0.5, 0.6) is 11.5 Å². The standard InChI is InChI=1S/C36H43ClN2O3Si/c1-21(2)43(22(3)4)23(5)26-15-16-29-34(35(26)41)39-30-18-36(6,7)19-31(40)32(30)33(38-29)27-14-13-25(17-28(27)37)42-20-24-11-9-8-10-12-24/h8-17,21-23,33,38H,18-20H2,1-7H3,(H-,39,40,41)/p+1. The summed E-state index contributed by atoms with van der Waals surface area (Å²) in [6.45, 7) is 16.1. The van der Waals surface area contributed by atoms with Gasteiger partial charge in [0.15, 0.2) is 5.78 Å². The molecule has 3 N–H and O–H groups in total. The molecule has 5 rings (SSSR count). The van der Waals surface area contributed by atoms with Crippen LogP contribution >= 0.6 is 11.6 Å². The maximum Gasteiger partial charge on any atom is 0.327 e. The average Bonchev–Trinajstić information content (AvgIpc) is 3.09. The number of fused-ring (bicyclic) bond motifs is 1. The summed E-state index contributed by atoms with van der Waals surface area (Å²) in [5.74, 6) is 1.02. The Morgan fingerprint density at radius 3 is 2.35 bits per heavy atom. The van der Waals surface area contributed by atoms with Crippen molar-refractivity contribution in [3.63, 3.8) is 0 Å². The van der Waals surface area contributed by atoms with Crippen LogP contribution in [0.25, 0.3) is 0 Å². The smallest absolute Gasteiger partial charge is 0.327 e. The van der Waals surface area contributed by atoms with E-state index in [0.29, 0.717) is 52.6 Å². The highest BCUT2D eigenvalue weighted by Gasteiger charge is 2.44. The molecule has 2 aliphatic rings. The number of halogens is 1. The number of phenolic OH excluding ortho intramolecular Hbond substituents is 1. The van der Waals surface area contributed by atoms with E-state index < -0.39 is 14.8 Å². The van der Waals surface area contributed by atoms with E-state index in [2.05, 4.69) is 65.2 Å². The molecule has 0 aromatic heterocycles. The summed E-state index contributed by atoms with van der Waals surface area (Å²) in [6.07, 6.45) is 1.13. The van der Waals surface area contributed by atoms with Crippen molar-refractivity contribution >= 4 is 37.6 Å². The number of benzene rings is 3. The number of ketones is 1. The molecule has 1 heterocycles. The SMILES string of the molecule is CC(C)[Si+](C(C)C)C(C)c1ccc2c(c1O)NC1=C(C(=O)CC(C)(C)C1)C(c1ccc(OCc3ccccc3)cc1Cl)N2. The minimum absolute atomic E-state index is 0.0859. The van der Waals surface area contributed by atoms with Crippen molar-refractivity contribution in [1.82, 2.24) is 0 Å². The molecular formula is C36H44ClN2O3Si+. The molecule has 1 aliphatic carbocycles. The third kappa shape index (κ3) is 6.51. The third-order valence-corrected chi connectivity index (χ3v) is 13.1. The van der Waals surface area contributed by atoms with Crippen LogP contribution in [0, 0.1) is 5.41 Å². The quantitative estimate of drug-likeness (QED) is 0.174. The van der Waals surface area contributed by atoms with Crippen LogP contribution in [0.4, 0.5) is 11.4 Å². The number of allylic oxidation sites excluding steroid dienone is 1. The summed E-state index contributed by atoms with van der Waals surface area (Å²) in [4.78, 5) is 13.8. The summed E-state index contributed by atoms with van der Waals surface area (Å²) in [5, 5.41) is 19.5. The van der Waals surface area contributed by atoms with E-state index in [-0.39, 0.29) is 22.5 Å². The number of carbonyl (C=O) groups excluding carboxylic acids is 1. The summed E-state index contributed by atoms with van der Waals surface area (Å²) >= 11 is 6.93. The van der Waals surface area contributed by atoms with Gasteiger partial charge in [-0.25, -0.2) is 0 Å². The summed E-state index contributed by atoms with van der Waals surface area (Å²) in [7, 11) is -0.804. The number of nitrogens with one attached hydrogen (secondary N) is 2. The predicted molar refractivity (Wildman–Crippen MR) is 180 cm³/mol. The molecule has 7 heteroatoms. The van der Waals surface area contributed by atoms with Gasteiger partial charge in [-0.3, -0.25) is 4.79 Å². The Morgan fingerprint density at radius 2 is 1.70 bits per heavy atom. The number of aromatic hydroxyl groups is 1. The van der Waals surface area contributed by atoms with Gasteiger partial charge >= 0.3 is 8.80 Å². The minimum atomic E-state index is -0.804. The fourth-order valence-corrected chi connectivity index (χ4v) is 11.2. The van der Waals surface area contributed by atoms with Gasteiger partial charge in [-0.15, -0.1) is 0 Å². The largest absolute Gasteiger partial charge is 0.505 e. The number of hydrogen-bond donors (Lipinski definition) is 3. The zero-order valence-electron chi connectivity index (χ0n) is 26.3.